The van der Waals surface area contributed by atoms with Crippen LogP contribution in [0.15, 0.2) is 72.4 Å². The van der Waals surface area contributed by atoms with Gasteiger partial charge in [0.05, 0.1) is 12.8 Å². The highest BCUT2D eigenvalue weighted by Crippen LogP contribution is 2.40. The lowest BCUT2D eigenvalue weighted by Gasteiger charge is -2.18. The van der Waals surface area contributed by atoms with Crippen molar-refractivity contribution in [2.45, 2.75) is 18.9 Å². The average molecular weight is 401 g/mol. The first-order valence-electron chi connectivity index (χ1n) is 9.60. The van der Waals surface area contributed by atoms with Crippen LogP contribution in [0.5, 0.6) is 11.5 Å². The number of methoxy groups -OCH3 is 1. The lowest BCUT2D eigenvalue weighted by Crippen LogP contribution is -2.04. The number of nitrogens with zero attached hydrogens (tertiary/aromatic N) is 2. The first-order valence-corrected chi connectivity index (χ1v) is 10.5. The van der Waals surface area contributed by atoms with Crippen molar-refractivity contribution in [2.24, 2.45) is 0 Å². The SMILES string of the molecule is COc1ccc(-c2csc(-c3cccnc3)n2)cc1OC1CCc2ccccc21. The lowest BCUT2D eigenvalue weighted by molar-refractivity contribution is 0.198. The van der Waals surface area contributed by atoms with E-state index in [1.165, 1.54) is 11.1 Å². The number of rotatable bonds is 5. The van der Waals surface area contributed by atoms with Crippen molar-refractivity contribution in [3.63, 3.8) is 0 Å². The molecule has 1 atom stereocenters. The number of aryl methyl sites for hydroxylation is 1. The highest BCUT2D eigenvalue weighted by atomic mass is 32.1. The molecule has 2 heterocycles. The van der Waals surface area contributed by atoms with Gasteiger partial charge in [0.25, 0.3) is 0 Å². The third kappa shape index (κ3) is 3.49. The minimum Gasteiger partial charge on any atom is -0.493 e. The van der Waals surface area contributed by atoms with Crippen molar-refractivity contribution in [3.8, 4) is 33.3 Å². The molecule has 0 aliphatic heterocycles. The molecule has 4 nitrogen and oxygen atoms in total. The largest absolute Gasteiger partial charge is 0.493 e. The second-order valence-corrected chi connectivity index (χ2v) is 7.85. The summed E-state index contributed by atoms with van der Waals surface area (Å²) in [6.45, 7) is 0. The van der Waals surface area contributed by atoms with Crippen LogP contribution in [0, 0.1) is 0 Å². The van der Waals surface area contributed by atoms with E-state index in [4.69, 9.17) is 14.5 Å². The standard InChI is InChI=1S/C24H20N2O2S/c1-27-22-11-9-17(20-15-29-24(26-20)18-6-4-12-25-14-18)13-23(22)28-21-10-8-16-5-2-3-7-19(16)21/h2-7,9,11-15,21H,8,10H2,1H3. The Morgan fingerprint density at radius 2 is 1.93 bits per heavy atom. The molecule has 0 amide bonds. The lowest BCUT2D eigenvalue weighted by atomic mass is 10.1. The summed E-state index contributed by atoms with van der Waals surface area (Å²) in [5, 5.41) is 3.02. The van der Waals surface area contributed by atoms with E-state index in [1.807, 2.05) is 36.5 Å². The summed E-state index contributed by atoms with van der Waals surface area (Å²) in [6, 6.07) is 18.5. The van der Waals surface area contributed by atoms with Gasteiger partial charge in [0.1, 0.15) is 11.1 Å². The smallest absolute Gasteiger partial charge is 0.162 e. The first kappa shape index (κ1) is 17.9. The molecule has 4 aromatic rings. The van der Waals surface area contributed by atoms with Crippen LogP contribution < -0.4 is 9.47 Å². The van der Waals surface area contributed by atoms with Crippen molar-refractivity contribution in [2.75, 3.05) is 7.11 Å². The number of thiazole rings is 1. The molecule has 0 N–H and O–H groups in total. The average Bonchev–Trinajstić information content (AvgIpc) is 3.42. The topological polar surface area (TPSA) is 44.2 Å². The molecule has 2 aromatic heterocycles. The summed E-state index contributed by atoms with van der Waals surface area (Å²) in [7, 11) is 1.67. The molecule has 5 heteroatoms. The number of fused-ring (bicyclic) bond motifs is 1. The highest BCUT2D eigenvalue weighted by molar-refractivity contribution is 7.13. The van der Waals surface area contributed by atoms with Crippen LogP contribution in [0.3, 0.4) is 0 Å². The summed E-state index contributed by atoms with van der Waals surface area (Å²) < 4.78 is 12.0. The second kappa shape index (κ2) is 7.68. The Bertz CT molecular complexity index is 1140. The van der Waals surface area contributed by atoms with Crippen LogP contribution in [0.1, 0.15) is 23.7 Å². The van der Waals surface area contributed by atoms with Gasteiger partial charge in [-0.2, -0.15) is 0 Å². The predicted molar refractivity (Wildman–Crippen MR) is 115 cm³/mol. The molecule has 29 heavy (non-hydrogen) atoms. The van der Waals surface area contributed by atoms with Gasteiger partial charge in [0.2, 0.25) is 0 Å². The van der Waals surface area contributed by atoms with Gasteiger partial charge in [-0.3, -0.25) is 4.98 Å². The van der Waals surface area contributed by atoms with Crippen LogP contribution in [0.25, 0.3) is 21.8 Å². The molecule has 1 unspecified atom stereocenters. The fourth-order valence-corrected chi connectivity index (χ4v) is 4.57. The number of pyridine rings is 1. The second-order valence-electron chi connectivity index (χ2n) is 6.99. The zero-order valence-electron chi connectivity index (χ0n) is 16.0. The molecule has 0 saturated heterocycles. The van der Waals surface area contributed by atoms with Crippen molar-refractivity contribution >= 4 is 11.3 Å². The number of hydrogen-bond donors (Lipinski definition) is 0. The van der Waals surface area contributed by atoms with Crippen molar-refractivity contribution < 1.29 is 9.47 Å². The van der Waals surface area contributed by atoms with Gasteiger partial charge in [0.15, 0.2) is 11.5 Å². The molecule has 0 radical (unpaired) electrons. The Morgan fingerprint density at radius 1 is 1.00 bits per heavy atom. The molecule has 1 aliphatic rings. The van der Waals surface area contributed by atoms with E-state index in [9.17, 15) is 0 Å². The minimum absolute atomic E-state index is 0.0525. The number of aromatic nitrogens is 2. The fourth-order valence-electron chi connectivity index (χ4n) is 3.75. The van der Waals surface area contributed by atoms with E-state index in [2.05, 4.69) is 34.6 Å². The zero-order chi connectivity index (χ0) is 19.6. The quantitative estimate of drug-likeness (QED) is 0.415. The van der Waals surface area contributed by atoms with Gasteiger partial charge in [-0.1, -0.05) is 24.3 Å². The number of ether oxygens (including phenoxy) is 2. The van der Waals surface area contributed by atoms with Crippen LogP contribution in [-0.2, 0) is 6.42 Å². The summed E-state index contributed by atoms with van der Waals surface area (Å²) in [5.74, 6) is 1.49. The first-order chi connectivity index (χ1) is 14.3. The van der Waals surface area contributed by atoms with Crippen LogP contribution in [0.4, 0.5) is 0 Å². The van der Waals surface area contributed by atoms with E-state index >= 15 is 0 Å². The molecule has 5 rings (SSSR count). The molecule has 0 fully saturated rings. The van der Waals surface area contributed by atoms with E-state index < -0.39 is 0 Å². The summed E-state index contributed by atoms with van der Waals surface area (Å²) in [6.07, 6.45) is 5.68. The van der Waals surface area contributed by atoms with Crippen molar-refractivity contribution in [3.05, 3.63) is 83.5 Å². The highest BCUT2D eigenvalue weighted by Gasteiger charge is 2.25. The van der Waals surface area contributed by atoms with Gasteiger partial charge in [-0.05, 0) is 54.3 Å². The molecular formula is C24H20N2O2S. The van der Waals surface area contributed by atoms with Crippen LogP contribution >= 0.6 is 11.3 Å². The van der Waals surface area contributed by atoms with Crippen LogP contribution in [0.2, 0.25) is 0 Å². The number of hydrogen-bond acceptors (Lipinski definition) is 5. The minimum atomic E-state index is 0.0525. The van der Waals surface area contributed by atoms with Crippen molar-refractivity contribution in [1.82, 2.24) is 9.97 Å². The molecule has 0 saturated carbocycles. The van der Waals surface area contributed by atoms with E-state index in [1.54, 1.807) is 24.6 Å². The van der Waals surface area contributed by atoms with Gasteiger partial charge >= 0.3 is 0 Å². The van der Waals surface area contributed by atoms with Gasteiger partial charge in [-0.25, -0.2) is 4.98 Å². The molecule has 2 aromatic carbocycles. The maximum absolute atomic E-state index is 6.42. The number of benzene rings is 2. The Morgan fingerprint density at radius 3 is 2.79 bits per heavy atom. The maximum atomic E-state index is 6.42. The van der Waals surface area contributed by atoms with E-state index in [0.29, 0.717) is 0 Å². The summed E-state index contributed by atoms with van der Waals surface area (Å²) in [5.41, 5.74) is 5.60. The van der Waals surface area contributed by atoms with Crippen LogP contribution in [-0.4, -0.2) is 17.1 Å². The Balaban J connectivity index is 1.45. The molecule has 1 aliphatic carbocycles. The third-order valence-electron chi connectivity index (χ3n) is 5.22. The van der Waals surface area contributed by atoms with Crippen molar-refractivity contribution in [1.29, 1.82) is 0 Å². The Hall–Kier alpha value is -3.18. The van der Waals surface area contributed by atoms with Gasteiger partial charge in [-0.15, -0.1) is 11.3 Å². The monoisotopic (exact) mass is 400 g/mol. The molecule has 0 spiro atoms. The Kier molecular flexibility index (Phi) is 4.74. The normalized spacial score (nSPS) is 15.1. The summed E-state index contributed by atoms with van der Waals surface area (Å²) in [4.78, 5) is 8.98. The molecule has 0 bridgehead atoms. The molecule has 144 valence electrons. The van der Waals surface area contributed by atoms with E-state index in [0.717, 1.165) is 46.2 Å². The fraction of sp³-hybridized carbons (Fsp3) is 0.167. The van der Waals surface area contributed by atoms with Gasteiger partial charge in [0, 0.05) is 28.9 Å². The summed E-state index contributed by atoms with van der Waals surface area (Å²) >= 11 is 1.61. The maximum Gasteiger partial charge on any atom is 0.162 e. The Labute approximate surface area is 173 Å². The van der Waals surface area contributed by atoms with E-state index in [-0.39, 0.29) is 6.10 Å². The van der Waals surface area contributed by atoms with Gasteiger partial charge < -0.3 is 9.47 Å². The predicted octanol–water partition coefficient (Wildman–Crippen LogP) is 5.95. The third-order valence-corrected chi connectivity index (χ3v) is 6.11. The molecular weight excluding hydrogens is 380 g/mol. The zero-order valence-corrected chi connectivity index (χ0v) is 16.9.